The molecule has 1 amide bonds. The molecule has 1 fully saturated rings. The van der Waals surface area contributed by atoms with Crippen LogP contribution in [0.4, 0.5) is 0 Å². The Bertz CT molecular complexity index is 444. The molecule has 5 heteroatoms. The largest absolute Gasteiger partial charge is 0.378 e. The monoisotopic (exact) mass is 245 g/mol. The molecular formula is C13H15N3O2. The average Bonchev–Trinajstić information content (AvgIpc) is 2.46. The molecule has 0 aliphatic carbocycles. The Balaban J connectivity index is 1.83. The molecule has 1 heterocycles. The Kier molecular flexibility index (Phi) is 4.29. The lowest BCUT2D eigenvalue weighted by molar-refractivity contribution is -0.126. The van der Waals surface area contributed by atoms with E-state index in [2.05, 4.69) is 16.7 Å². The SMILES string of the molecule is N#Cc1ccc(CNC(=O)C2COCCN2)cc1. The quantitative estimate of drug-likeness (QED) is 0.795. The summed E-state index contributed by atoms with van der Waals surface area (Å²) in [4.78, 5) is 11.8. The molecule has 2 rings (SSSR count). The lowest BCUT2D eigenvalue weighted by Crippen LogP contribution is -2.51. The Morgan fingerprint density at radius 3 is 2.89 bits per heavy atom. The first-order valence-corrected chi connectivity index (χ1v) is 5.87. The zero-order valence-electron chi connectivity index (χ0n) is 9.98. The highest BCUT2D eigenvalue weighted by Gasteiger charge is 2.20. The first-order valence-electron chi connectivity index (χ1n) is 5.87. The van der Waals surface area contributed by atoms with Gasteiger partial charge in [0.15, 0.2) is 0 Å². The van der Waals surface area contributed by atoms with Gasteiger partial charge >= 0.3 is 0 Å². The summed E-state index contributed by atoms with van der Waals surface area (Å²) >= 11 is 0. The molecule has 1 unspecified atom stereocenters. The topological polar surface area (TPSA) is 74.2 Å². The third kappa shape index (κ3) is 3.29. The predicted octanol–water partition coefficient (Wildman–Crippen LogP) is 0.163. The van der Waals surface area contributed by atoms with E-state index in [0.29, 0.717) is 31.9 Å². The summed E-state index contributed by atoms with van der Waals surface area (Å²) in [6, 6.07) is 8.94. The summed E-state index contributed by atoms with van der Waals surface area (Å²) in [7, 11) is 0. The van der Waals surface area contributed by atoms with Gasteiger partial charge < -0.3 is 15.4 Å². The molecule has 0 radical (unpaired) electrons. The number of amides is 1. The number of nitrogens with zero attached hydrogens (tertiary/aromatic N) is 1. The summed E-state index contributed by atoms with van der Waals surface area (Å²) in [5, 5.41) is 14.6. The Hall–Kier alpha value is -1.90. The minimum Gasteiger partial charge on any atom is -0.378 e. The number of carbonyl (C=O) groups is 1. The Morgan fingerprint density at radius 1 is 1.50 bits per heavy atom. The van der Waals surface area contributed by atoms with E-state index in [9.17, 15) is 4.79 Å². The van der Waals surface area contributed by atoms with Gasteiger partial charge in [0.2, 0.25) is 5.91 Å². The van der Waals surface area contributed by atoms with Crippen LogP contribution in [0.25, 0.3) is 0 Å². The van der Waals surface area contributed by atoms with Crippen LogP contribution in [0.5, 0.6) is 0 Å². The van der Waals surface area contributed by atoms with E-state index in [0.717, 1.165) is 5.56 Å². The molecule has 0 spiro atoms. The third-order valence-corrected chi connectivity index (χ3v) is 2.79. The second kappa shape index (κ2) is 6.15. The van der Waals surface area contributed by atoms with Crippen molar-refractivity contribution in [3.8, 4) is 6.07 Å². The fraction of sp³-hybridized carbons (Fsp3) is 0.385. The number of nitrogens with one attached hydrogen (secondary N) is 2. The molecular weight excluding hydrogens is 230 g/mol. The third-order valence-electron chi connectivity index (χ3n) is 2.79. The number of ether oxygens (including phenoxy) is 1. The van der Waals surface area contributed by atoms with Crippen LogP contribution in [0.2, 0.25) is 0 Å². The van der Waals surface area contributed by atoms with Crippen molar-refractivity contribution < 1.29 is 9.53 Å². The maximum atomic E-state index is 11.8. The van der Waals surface area contributed by atoms with Gasteiger partial charge in [-0.3, -0.25) is 4.79 Å². The minimum atomic E-state index is -0.267. The van der Waals surface area contributed by atoms with Crippen molar-refractivity contribution in [3.05, 3.63) is 35.4 Å². The molecule has 0 bridgehead atoms. The molecule has 1 aliphatic rings. The molecule has 1 aromatic rings. The molecule has 1 aliphatic heterocycles. The van der Waals surface area contributed by atoms with E-state index < -0.39 is 0 Å². The van der Waals surface area contributed by atoms with Gasteiger partial charge in [0.1, 0.15) is 6.04 Å². The van der Waals surface area contributed by atoms with Gasteiger partial charge in [0, 0.05) is 13.1 Å². The standard InChI is InChI=1S/C13H15N3O2/c14-7-10-1-3-11(4-2-10)8-16-13(17)12-9-18-6-5-15-12/h1-4,12,15H,5-6,8-9H2,(H,16,17). The first kappa shape index (κ1) is 12.6. The van der Waals surface area contributed by atoms with Crippen LogP contribution in [0.3, 0.4) is 0 Å². The Labute approximate surface area is 106 Å². The molecule has 5 nitrogen and oxygen atoms in total. The second-order valence-corrected chi connectivity index (χ2v) is 4.11. The van der Waals surface area contributed by atoms with E-state index >= 15 is 0 Å². The molecule has 0 saturated carbocycles. The zero-order valence-corrected chi connectivity index (χ0v) is 9.98. The van der Waals surface area contributed by atoms with Gasteiger partial charge in [-0.15, -0.1) is 0 Å². The fourth-order valence-corrected chi connectivity index (χ4v) is 1.74. The number of morpholine rings is 1. The lowest BCUT2D eigenvalue weighted by atomic mass is 10.1. The number of rotatable bonds is 3. The van der Waals surface area contributed by atoms with E-state index in [-0.39, 0.29) is 11.9 Å². The van der Waals surface area contributed by atoms with Crippen LogP contribution in [0.15, 0.2) is 24.3 Å². The van der Waals surface area contributed by atoms with Crippen LogP contribution >= 0.6 is 0 Å². The highest BCUT2D eigenvalue weighted by molar-refractivity contribution is 5.81. The number of carbonyl (C=O) groups excluding carboxylic acids is 1. The van der Waals surface area contributed by atoms with Crippen molar-refractivity contribution in [3.63, 3.8) is 0 Å². The van der Waals surface area contributed by atoms with Gasteiger partial charge in [0.05, 0.1) is 24.8 Å². The van der Waals surface area contributed by atoms with Crippen LogP contribution in [0, 0.1) is 11.3 Å². The summed E-state index contributed by atoms with van der Waals surface area (Å²) in [6.45, 7) is 2.23. The maximum Gasteiger partial charge on any atom is 0.239 e. The van der Waals surface area contributed by atoms with Gasteiger partial charge in [0.25, 0.3) is 0 Å². The molecule has 1 saturated heterocycles. The zero-order chi connectivity index (χ0) is 12.8. The molecule has 2 N–H and O–H groups in total. The van der Waals surface area contributed by atoms with Crippen molar-refractivity contribution in [1.82, 2.24) is 10.6 Å². The van der Waals surface area contributed by atoms with Crippen LogP contribution in [-0.2, 0) is 16.1 Å². The molecule has 18 heavy (non-hydrogen) atoms. The second-order valence-electron chi connectivity index (χ2n) is 4.11. The van der Waals surface area contributed by atoms with Crippen molar-refractivity contribution >= 4 is 5.91 Å². The molecule has 0 aromatic heterocycles. The number of benzene rings is 1. The highest BCUT2D eigenvalue weighted by Crippen LogP contribution is 2.03. The maximum absolute atomic E-state index is 11.8. The van der Waals surface area contributed by atoms with Crippen molar-refractivity contribution in [2.24, 2.45) is 0 Å². The van der Waals surface area contributed by atoms with Gasteiger partial charge in [-0.2, -0.15) is 5.26 Å². The average molecular weight is 245 g/mol. The molecule has 1 atom stereocenters. The number of hydrogen-bond donors (Lipinski definition) is 2. The van der Waals surface area contributed by atoms with Crippen LogP contribution in [0.1, 0.15) is 11.1 Å². The van der Waals surface area contributed by atoms with E-state index in [1.807, 2.05) is 12.1 Å². The van der Waals surface area contributed by atoms with Crippen molar-refractivity contribution in [2.75, 3.05) is 19.8 Å². The van der Waals surface area contributed by atoms with Gasteiger partial charge in [-0.05, 0) is 17.7 Å². The smallest absolute Gasteiger partial charge is 0.239 e. The lowest BCUT2D eigenvalue weighted by Gasteiger charge is -2.22. The summed E-state index contributed by atoms with van der Waals surface area (Å²) in [5.74, 6) is -0.0564. The van der Waals surface area contributed by atoms with Gasteiger partial charge in [-0.1, -0.05) is 12.1 Å². The minimum absolute atomic E-state index is 0.0564. The van der Waals surface area contributed by atoms with Crippen LogP contribution in [-0.4, -0.2) is 31.7 Å². The summed E-state index contributed by atoms with van der Waals surface area (Å²) in [6.07, 6.45) is 0. The first-order chi connectivity index (χ1) is 8.79. The fourth-order valence-electron chi connectivity index (χ4n) is 1.74. The van der Waals surface area contributed by atoms with Gasteiger partial charge in [-0.25, -0.2) is 0 Å². The molecule has 1 aromatic carbocycles. The highest BCUT2D eigenvalue weighted by atomic mass is 16.5. The van der Waals surface area contributed by atoms with Crippen LogP contribution < -0.4 is 10.6 Å². The van der Waals surface area contributed by atoms with Crippen molar-refractivity contribution in [2.45, 2.75) is 12.6 Å². The normalized spacial score (nSPS) is 18.9. The van der Waals surface area contributed by atoms with E-state index in [1.54, 1.807) is 12.1 Å². The van der Waals surface area contributed by atoms with E-state index in [4.69, 9.17) is 10.00 Å². The summed E-state index contributed by atoms with van der Waals surface area (Å²) < 4.78 is 5.23. The van der Waals surface area contributed by atoms with Crippen molar-refractivity contribution in [1.29, 1.82) is 5.26 Å². The predicted molar refractivity (Wildman–Crippen MR) is 65.6 cm³/mol. The van der Waals surface area contributed by atoms with E-state index in [1.165, 1.54) is 0 Å². The number of hydrogen-bond acceptors (Lipinski definition) is 4. The summed E-state index contributed by atoms with van der Waals surface area (Å²) in [5.41, 5.74) is 1.59. The Morgan fingerprint density at radius 2 is 2.28 bits per heavy atom. The molecule has 94 valence electrons. The number of nitriles is 1.